The summed E-state index contributed by atoms with van der Waals surface area (Å²) >= 11 is 0. The van der Waals surface area contributed by atoms with Gasteiger partial charge in [0, 0.05) is 37.3 Å². The molecule has 3 aliphatic rings. The van der Waals surface area contributed by atoms with Crippen LogP contribution in [0.1, 0.15) is 57.3 Å². The molecule has 0 saturated carbocycles. The minimum Gasteiger partial charge on any atom is -0.493 e. The van der Waals surface area contributed by atoms with Gasteiger partial charge in [0.1, 0.15) is 17.6 Å². The molecule has 2 bridgehead atoms. The van der Waals surface area contributed by atoms with Crippen molar-refractivity contribution in [1.82, 2.24) is 31.2 Å². The van der Waals surface area contributed by atoms with Crippen LogP contribution in [0.2, 0.25) is 0 Å². The maximum atomic E-state index is 14.0. The molecular weight excluding hydrogens is 684 g/mol. The predicted molar refractivity (Wildman–Crippen MR) is 193 cm³/mol. The van der Waals surface area contributed by atoms with Crippen LogP contribution >= 0.6 is 0 Å². The number of methoxy groups -OCH3 is 3. The minimum absolute atomic E-state index is 0.0287. The van der Waals surface area contributed by atoms with Gasteiger partial charge in [0.15, 0.2) is 11.5 Å². The quantitative estimate of drug-likeness (QED) is 0.272. The Morgan fingerprint density at radius 1 is 0.887 bits per heavy atom. The Morgan fingerprint density at radius 2 is 1.62 bits per heavy atom. The molecule has 2 aromatic carbocycles. The molecule has 2 atom stereocenters. The number of benzene rings is 2. The van der Waals surface area contributed by atoms with Crippen molar-refractivity contribution in [3.8, 4) is 23.1 Å². The Labute approximate surface area is 308 Å². The maximum absolute atomic E-state index is 14.0. The fourth-order valence-corrected chi connectivity index (χ4v) is 6.18. The van der Waals surface area contributed by atoms with Crippen LogP contribution in [-0.4, -0.2) is 106 Å². The predicted octanol–water partition coefficient (Wildman–Crippen LogP) is 1.60. The summed E-state index contributed by atoms with van der Waals surface area (Å²) in [5.74, 6) is -1.71. The van der Waals surface area contributed by atoms with E-state index >= 15 is 0 Å². The lowest BCUT2D eigenvalue weighted by molar-refractivity contribution is -0.129. The molecule has 6 rings (SSSR count). The molecule has 1 aliphatic carbocycles. The molecule has 5 amide bonds. The normalized spacial score (nSPS) is 18.9. The van der Waals surface area contributed by atoms with Crippen molar-refractivity contribution in [3.05, 3.63) is 76.5 Å². The molecule has 0 radical (unpaired) electrons. The van der Waals surface area contributed by atoms with E-state index < -0.39 is 41.6 Å². The zero-order valence-corrected chi connectivity index (χ0v) is 30.4. The number of hydrogen-bond acceptors (Lipinski definition) is 10. The van der Waals surface area contributed by atoms with Crippen LogP contribution in [0.25, 0.3) is 0 Å². The zero-order chi connectivity index (χ0) is 37.9. The number of rotatable bonds is 6. The van der Waals surface area contributed by atoms with E-state index in [1.165, 1.54) is 45.3 Å². The fourth-order valence-electron chi connectivity index (χ4n) is 6.18. The molecule has 3 heterocycles. The number of pyridine rings is 1. The molecule has 15 nitrogen and oxygen atoms in total. The van der Waals surface area contributed by atoms with Crippen LogP contribution in [0.5, 0.6) is 23.1 Å². The van der Waals surface area contributed by atoms with Crippen molar-refractivity contribution in [2.24, 2.45) is 0 Å². The van der Waals surface area contributed by atoms with Gasteiger partial charge >= 0.3 is 0 Å². The van der Waals surface area contributed by atoms with Gasteiger partial charge < -0.3 is 45.1 Å². The van der Waals surface area contributed by atoms with Gasteiger partial charge in [0.25, 0.3) is 11.8 Å². The molecule has 2 aliphatic heterocycles. The van der Waals surface area contributed by atoms with Crippen LogP contribution in [0.15, 0.2) is 48.5 Å². The highest BCUT2D eigenvalue weighted by Gasteiger charge is 2.29. The summed E-state index contributed by atoms with van der Waals surface area (Å²) in [6, 6.07) is 11.8. The average molecular weight is 731 g/mol. The summed E-state index contributed by atoms with van der Waals surface area (Å²) in [7, 11) is 4.28. The van der Waals surface area contributed by atoms with E-state index in [2.05, 4.69) is 26.3 Å². The topological polar surface area (TPSA) is 187 Å². The van der Waals surface area contributed by atoms with Gasteiger partial charge in [-0.3, -0.25) is 24.0 Å². The van der Waals surface area contributed by atoms with Crippen molar-refractivity contribution < 1.29 is 42.9 Å². The summed E-state index contributed by atoms with van der Waals surface area (Å²) in [6.07, 6.45) is 3.03. The highest BCUT2D eigenvalue weighted by molar-refractivity contribution is 6.00. The molecule has 4 N–H and O–H groups in total. The number of aromatic nitrogens is 1. The van der Waals surface area contributed by atoms with Crippen LogP contribution < -0.4 is 40.2 Å². The van der Waals surface area contributed by atoms with Crippen molar-refractivity contribution >= 4 is 29.5 Å². The number of fused-ring (bicyclic) bond motifs is 20. The maximum Gasteiger partial charge on any atom is 0.259 e. The van der Waals surface area contributed by atoms with Crippen molar-refractivity contribution in [2.45, 2.75) is 51.1 Å². The van der Waals surface area contributed by atoms with Crippen molar-refractivity contribution in [1.29, 1.82) is 0 Å². The number of hydrogen-bond donors (Lipinski definition) is 4. The van der Waals surface area contributed by atoms with Crippen LogP contribution in [-0.2, 0) is 33.6 Å². The second-order valence-corrected chi connectivity index (χ2v) is 12.7. The van der Waals surface area contributed by atoms with Crippen molar-refractivity contribution in [3.63, 3.8) is 0 Å². The van der Waals surface area contributed by atoms with E-state index in [0.29, 0.717) is 6.42 Å². The Bertz CT molecular complexity index is 1790. The lowest BCUT2D eigenvalue weighted by Crippen LogP contribution is -2.54. The number of amides is 5. The van der Waals surface area contributed by atoms with E-state index in [1.54, 1.807) is 6.07 Å². The molecule has 0 saturated heterocycles. The first kappa shape index (κ1) is 38.4. The first-order valence-corrected chi connectivity index (χ1v) is 17.6. The van der Waals surface area contributed by atoms with Gasteiger partial charge in [-0.25, -0.2) is 4.98 Å². The van der Waals surface area contributed by atoms with Gasteiger partial charge in [-0.2, -0.15) is 0 Å². The summed E-state index contributed by atoms with van der Waals surface area (Å²) in [4.78, 5) is 73.6. The summed E-state index contributed by atoms with van der Waals surface area (Å²) < 4.78 is 22.4. The Balaban J connectivity index is 1.43. The van der Waals surface area contributed by atoms with Crippen LogP contribution in [0.3, 0.4) is 0 Å². The standard InChI is InChI=1S/C38H46N6O9/c1-23-34(46)42-29(18-24-10-6-5-7-11-24)36(48)40-15-16-44(38(49)27-19-25-12-8-13-28(25)43-37(27)52-4)22-32(45)39-14-9-17-53-33-30(50-2)20-26(35(47)41-23)21-31(33)51-3/h5-7,10-11,19-21,23,29H,8-9,12-18,22H2,1-4H3,(H,39,45)(H,40,48)(H,41,47)(H,42,46)/t23-,29+/m0/s1. The second kappa shape index (κ2) is 18.1. The smallest absolute Gasteiger partial charge is 0.259 e. The molecule has 0 spiro atoms. The van der Waals surface area contributed by atoms with E-state index in [1.807, 2.05) is 30.3 Å². The van der Waals surface area contributed by atoms with Crippen LogP contribution in [0, 0.1) is 0 Å². The van der Waals surface area contributed by atoms with Gasteiger partial charge in [-0.05, 0) is 61.9 Å². The average Bonchev–Trinajstić information content (AvgIpc) is 3.63. The fraction of sp³-hybridized carbons (Fsp3) is 0.421. The number of nitrogens with one attached hydrogen (secondary N) is 4. The second-order valence-electron chi connectivity index (χ2n) is 12.7. The van der Waals surface area contributed by atoms with E-state index in [-0.39, 0.29) is 73.5 Å². The summed E-state index contributed by atoms with van der Waals surface area (Å²) in [5, 5.41) is 11.1. The number of carbonyl (C=O) groups is 5. The van der Waals surface area contributed by atoms with Gasteiger partial charge in [0.2, 0.25) is 29.4 Å². The van der Waals surface area contributed by atoms with Gasteiger partial charge in [0.05, 0.1) is 34.5 Å². The first-order valence-electron chi connectivity index (χ1n) is 17.6. The molecule has 15 heteroatoms. The zero-order valence-electron chi connectivity index (χ0n) is 30.4. The molecule has 3 aromatic rings. The summed E-state index contributed by atoms with van der Waals surface area (Å²) in [5.41, 5.74) is 3.01. The number of aryl methyl sites for hydroxylation is 2. The Hall–Kier alpha value is -5.86. The van der Waals surface area contributed by atoms with Gasteiger partial charge in [-0.1, -0.05) is 30.3 Å². The third-order valence-corrected chi connectivity index (χ3v) is 9.01. The lowest BCUT2D eigenvalue weighted by Gasteiger charge is -2.25. The molecule has 1 aromatic heterocycles. The molecule has 0 fully saturated rings. The van der Waals surface area contributed by atoms with Gasteiger partial charge in [-0.15, -0.1) is 0 Å². The van der Waals surface area contributed by atoms with Crippen LogP contribution in [0.4, 0.5) is 0 Å². The van der Waals surface area contributed by atoms with E-state index in [4.69, 9.17) is 18.9 Å². The van der Waals surface area contributed by atoms with E-state index in [0.717, 1.165) is 36.1 Å². The number of nitrogens with zero attached hydrogens (tertiary/aromatic N) is 2. The number of carbonyl (C=O) groups excluding carboxylic acids is 5. The Morgan fingerprint density at radius 3 is 2.32 bits per heavy atom. The minimum atomic E-state index is -1.04. The molecule has 282 valence electrons. The highest BCUT2D eigenvalue weighted by atomic mass is 16.5. The lowest BCUT2D eigenvalue weighted by atomic mass is 10.0. The third kappa shape index (κ3) is 9.73. The number of ether oxygens (including phenoxy) is 4. The monoisotopic (exact) mass is 730 g/mol. The molecular formula is C38H46N6O9. The summed E-state index contributed by atoms with van der Waals surface area (Å²) in [6.45, 7) is 1.53. The first-order chi connectivity index (χ1) is 25.6. The van der Waals surface area contributed by atoms with E-state index in [9.17, 15) is 24.0 Å². The highest BCUT2D eigenvalue weighted by Crippen LogP contribution is 2.38. The third-order valence-electron chi connectivity index (χ3n) is 9.01. The molecule has 53 heavy (non-hydrogen) atoms. The SMILES string of the molecule is COc1cc2cc(OC)c1OCCCNC(=O)CN(C(=O)c1cc3c(nc1OC)CCC3)CCNC(=O)[C@@H](Cc1ccccc1)NC(=O)[C@H](C)NC2=O. The largest absolute Gasteiger partial charge is 0.493 e. The van der Waals surface area contributed by atoms with Crippen molar-refractivity contribution in [2.75, 3.05) is 54.1 Å². The molecule has 0 unspecified atom stereocenters. The Kier molecular flexibility index (Phi) is 13.1.